The Morgan fingerprint density at radius 3 is 1.69 bits per heavy atom. The molecule has 0 spiro atoms. The maximum Gasteiger partial charge on any atom is 0.141 e. The Kier molecular flexibility index (Phi) is 8.51. The number of amidine groups is 1. The van der Waals surface area contributed by atoms with Gasteiger partial charge in [0.05, 0.1) is 17.1 Å². The van der Waals surface area contributed by atoms with Crippen LogP contribution in [0.1, 0.15) is 50.1 Å². The summed E-state index contributed by atoms with van der Waals surface area (Å²) in [5.74, 6) is 0.957. The SMILES string of the molecule is CC1(C)N=C(c2ccc3c(ccc4cc(-c5ccc(N(c6ccc(-c7ccccc7)cc6)c6ccc7ccccc7c6)cc5)ccc43)c2)N2c3ccccc3C(C)(C)c3ccnc1c32. The van der Waals surface area contributed by atoms with Crippen LogP contribution < -0.4 is 9.80 Å². The normalized spacial score (nSPS) is 14.6. The van der Waals surface area contributed by atoms with Crippen molar-refractivity contribution in [1.29, 1.82) is 0 Å². The maximum atomic E-state index is 5.47. The first-order valence-corrected chi connectivity index (χ1v) is 22.2. The van der Waals surface area contributed by atoms with Gasteiger partial charge in [0, 0.05) is 34.2 Å². The Hall–Kier alpha value is -7.82. The second kappa shape index (κ2) is 14.4. The average molecular weight is 823 g/mol. The second-order valence-corrected chi connectivity index (χ2v) is 18.3. The second-order valence-electron chi connectivity index (χ2n) is 18.3. The lowest BCUT2D eigenvalue weighted by atomic mass is 9.72. The van der Waals surface area contributed by atoms with E-state index in [1.807, 2.05) is 6.20 Å². The number of nitrogens with zero attached hydrogens (tertiary/aromatic N) is 4. The summed E-state index contributed by atoms with van der Waals surface area (Å²) in [7, 11) is 0. The Labute approximate surface area is 374 Å². The van der Waals surface area contributed by atoms with Crippen molar-refractivity contribution in [2.45, 2.75) is 38.6 Å². The monoisotopic (exact) mass is 822 g/mol. The molecular weight excluding hydrogens is 777 g/mol. The molecule has 0 saturated heterocycles. The minimum Gasteiger partial charge on any atom is -0.310 e. The van der Waals surface area contributed by atoms with Crippen LogP contribution in [0, 0.1) is 0 Å². The van der Waals surface area contributed by atoms with E-state index in [1.165, 1.54) is 77.1 Å². The summed E-state index contributed by atoms with van der Waals surface area (Å²) in [5, 5.41) is 7.31. The molecular formula is C60H46N4. The summed E-state index contributed by atoms with van der Waals surface area (Å²) < 4.78 is 0. The largest absolute Gasteiger partial charge is 0.310 e. The van der Waals surface area contributed by atoms with Crippen LogP contribution in [0.3, 0.4) is 0 Å². The van der Waals surface area contributed by atoms with Crippen molar-refractivity contribution >= 4 is 66.6 Å². The predicted octanol–water partition coefficient (Wildman–Crippen LogP) is 15.8. The molecule has 0 radical (unpaired) electrons. The summed E-state index contributed by atoms with van der Waals surface area (Å²) in [6.45, 7) is 9.03. The number of pyridine rings is 1. The molecule has 2 aliphatic heterocycles. The number of aromatic nitrogens is 1. The first-order valence-electron chi connectivity index (χ1n) is 22.2. The van der Waals surface area contributed by atoms with Gasteiger partial charge in [-0.1, -0.05) is 153 Å². The first kappa shape index (κ1) is 37.9. The van der Waals surface area contributed by atoms with Crippen molar-refractivity contribution in [3.63, 3.8) is 0 Å². The van der Waals surface area contributed by atoms with Crippen LogP contribution in [0.15, 0.2) is 211 Å². The van der Waals surface area contributed by atoms with Crippen LogP contribution >= 0.6 is 0 Å². The number of benzene rings is 9. The third-order valence-electron chi connectivity index (χ3n) is 13.6. The van der Waals surface area contributed by atoms with Crippen LogP contribution in [0.5, 0.6) is 0 Å². The summed E-state index contributed by atoms with van der Waals surface area (Å²) in [6.07, 6.45) is 1.96. The molecule has 0 saturated carbocycles. The lowest BCUT2D eigenvalue weighted by Gasteiger charge is -2.46. The van der Waals surface area contributed by atoms with E-state index in [9.17, 15) is 0 Å². The van der Waals surface area contributed by atoms with Crippen molar-refractivity contribution in [2.24, 2.45) is 4.99 Å². The number of para-hydroxylation sites is 1. The molecule has 0 aliphatic carbocycles. The Morgan fingerprint density at radius 2 is 0.969 bits per heavy atom. The number of fused-ring (bicyclic) bond motifs is 6. The van der Waals surface area contributed by atoms with E-state index in [1.54, 1.807) is 0 Å². The quantitative estimate of drug-likeness (QED) is 0.157. The molecule has 4 nitrogen and oxygen atoms in total. The molecule has 4 heteroatoms. The number of aliphatic imine (C=N–C) groups is 1. The number of hydrogen-bond donors (Lipinski definition) is 0. The zero-order valence-electron chi connectivity index (χ0n) is 36.4. The minimum atomic E-state index is -0.491. The van der Waals surface area contributed by atoms with Crippen LogP contribution in [-0.2, 0) is 11.0 Å². The number of hydrogen-bond acceptors (Lipinski definition) is 4. The van der Waals surface area contributed by atoms with Gasteiger partial charge in [-0.15, -0.1) is 0 Å². The van der Waals surface area contributed by atoms with Crippen LogP contribution in [0.25, 0.3) is 54.6 Å². The fourth-order valence-corrected chi connectivity index (χ4v) is 10.3. The topological polar surface area (TPSA) is 31.7 Å². The molecule has 0 fully saturated rings. The van der Waals surface area contributed by atoms with E-state index in [-0.39, 0.29) is 5.41 Å². The summed E-state index contributed by atoms with van der Waals surface area (Å²) in [4.78, 5) is 15.1. The molecule has 12 rings (SSSR count). The van der Waals surface area contributed by atoms with Crippen molar-refractivity contribution in [3.8, 4) is 22.3 Å². The fraction of sp³-hybridized carbons (Fsp3) is 0.100. The van der Waals surface area contributed by atoms with E-state index in [4.69, 9.17) is 9.98 Å². The third kappa shape index (κ3) is 6.05. The van der Waals surface area contributed by atoms with E-state index in [0.29, 0.717) is 0 Å². The number of rotatable bonds is 6. The molecule has 306 valence electrons. The predicted molar refractivity (Wildman–Crippen MR) is 269 cm³/mol. The zero-order valence-corrected chi connectivity index (χ0v) is 36.4. The third-order valence-corrected chi connectivity index (χ3v) is 13.6. The molecule has 0 bridgehead atoms. The van der Waals surface area contributed by atoms with Crippen molar-refractivity contribution in [3.05, 3.63) is 229 Å². The highest BCUT2D eigenvalue weighted by molar-refractivity contribution is 6.19. The van der Waals surface area contributed by atoms with Gasteiger partial charge in [-0.2, -0.15) is 0 Å². The summed E-state index contributed by atoms with van der Waals surface area (Å²) in [5.41, 5.74) is 14.5. The molecule has 64 heavy (non-hydrogen) atoms. The van der Waals surface area contributed by atoms with Gasteiger partial charge in [-0.3, -0.25) is 14.9 Å². The standard InChI is InChI=1S/C60H46N4/c1-59(2)53-16-10-11-17-55(53)64-56-54(59)34-35-61-57(56)60(3,4)62-58(64)47-26-33-52-46(37-47)19-18-45-36-44(25-32-51(45)52)42-22-29-49(30-23-42)63(50-31-24-40-14-8-9-15-43(40)38-50)48-27-20-41(21-28-48)39-12-6-5-7-13-39/h5-38H,1-4H3. The lowest BCUT2D eigenvalue weighted by molar-refractivity contribution is 0.523. The molecule has 3 heterocycles. The minimum absolute atomic E-state index is 0.171. The molecule has 0 amide bonds. The fourth-order valence-electron chi connectivity index (χ4n) is 10.3. The van der Waals surface area contributed by atoms with Crippen LogP contribution in [0.4, 0.5) is 28.4 Å². The van der Waals surface area contributed by atoms with Gasteiger partial charge in [0.25, 0.3) is 0 Å². The zero-order chi connectivity index (χ0) is 43.2. The van der Waals surface area contributed by atoms with Crippen molar-refractivity contribution in [1.82, 2.24) is 4.98 Å². The summed E-state index contributed by atoms with van der Waals surface area (Å²) in [6, 6.07) is 73.0. The van der Waals surface area contributed by atoms with Gasteiger partial charge in [-0.25, -0.2) is 0 Å². The lowest BCUT2D eigenvalue weighted by Crippen LogP contribution is -2.43. The highest BCUT2D eigenvalue weighted by Gasteiger charge is 2.45. The van der Waals surface area contributed by atoms with Crippen LogP contribution in [0.2, 0.25) is 0 Å². The van der Waals surface area contributed by atoms with E-state index < -0.39 is 5.54 Å². The smallest absolute Gasteiger partial charge is 0.141 e. The van der Waals surface area contributed by atoms with Crippen molar-refractivity contribution < 1.29 is 0 Å². The van der Waals surface area contributed by atoms with E-state index in [0.717, 1.165) is 34.2 Å². The van der Waals surface area contributed by atoms with Crippen LogP contribution in [-0.4, -0.2) is 10.8 Å². The molecule has 9 aromatic carbocycles. The van der Waals surface area contributed by atoms with E-state index in [2.05, 4.69) is 238 Å². The highest BCUT2D eigenvalue weighted by atomic mass is 15.3. The van der Waals surface area contributed by atoms with Gasteiger partial charge in [0.1, 0.15) is 11.4 Å². The Bertz CT molecular complexity index is 3490. The van der Waals surface area contributed by atoms with E-state index >= 15 is 0 Å². The number of anilines is 5. The molecule has 1 aromatic heterocycles. The Balaban J connectivity index is 0.888. The molecule has 0 unspecified atom stereocenters. The summed E-state index contributed by atoms with van der Waals surface area (Å²) >= 11 is 0. The molecule has 10 aromatic rings. The van der Waals surface area contributed by atoms with Gasteiger partial charge in [0.15, 0.2) is 0 Å². The van der Waals surface area contributed by atoms with Gasteiger partial charge >= 0.3 is 0 Å². The maximum absolute atomic E-state index is 5.47. The van der Waals surface area contributed by atoms with Gasteiger partial charge in [-0.05, 0) is 140 Å². The average Bonchev–Trinajstić information content (AvgIpc) is 3.34. The van der Waals surface area contributed by atoms with Gasteiger partial charge < -0.3 is 4.90 Å². The van der Waals surface area contributed by atoms with Crippen molar-refractivity contribution in [2.75, 3.05) is 9.80 Å². The first-order chi connectivity index (χ1) is 31.2. The molecule has 0 N–H and O–H groups in total. The Morgan fingerprint density at radius 1 is 0.422 bits per heavy atom. The highest BCUT2D eigenvalue weighted by Crippen LogP contribution is 2.54. The van der Waals surface area contributed by atoms with Gasteiger partial charge in [0.2, 0.25) is 0 Å². The molecule has 0 atom stereocenters. The molecule has 2 aliphatic rings.